The fraction of sp³-hybridized carbons (Fsp3) is 0.722. The Bertz CT molecular complexity index is 458. The molecule has 1 atom stereocenters. The fourth-order valence-electron chi connectivity index (χ4n) is 1.84. The van der Waals surface area contributed by atoms with Gasteiger partial charge in [-0.15, -0.1) is 6.58 Å². The third-order valence-electron chi connectivity index (χ3n) is 3.08. The predicted octanol–water partition coefficient (Wildman–Crippen LogP) is 3.65. The Kier molecular flexibility index (Phi) is 11.3. The minimum atomic E-state index is -0.554. The number of hydrogen-bond donors (Lipinski definition) is 0. The maximum Gasteiger partial charge on any atom is 0.410 e. The Hall–Kier alpha value is -2.05. The SMILES string of the molecule is C=CCCN(CCC(C#N)COCCCC#N)C(=O)OC(C)(C)C. The van der Waals surface area contributed by atoms with Crippen LogP contribution in [0.4, 0.5) is 4.79 Å². The highest BCUT2D eigenvalue weighted by Gasteiger charge is 2.22. The second-order valence-corrected chi connectivity index (χ2v) is 6.50. The van der Waals surface area contributed by atoms with Gasteiger partial charge in [-0.25, -0.2) is 4.79 Å². The van der Waals surface area contributed by atoms with E-state index in [2.05, 4.69) is 12.6 Å². The zero-order chi connectivity index (χ0) is 18.4. The molecule has 0 aromatic heterocycles. The predicted molar refractivity (Wildman–Crippen MR) is 92.0 cm³/mol. The van der Waals surface area contributed by atoms with E-state index in [1.165, 1.54) is 0 Å². The lowest BCUT2D eigenvalue weighted by atomic mass is 10.1. The van der Waals surface area contributed by atoms with Crippen LogP contribution in [0.5, 0.6) is 0 Å². The lowest BCUT2D eigenvalue weighted by Gasteiger charge is -2.27. The Labute approximate surface area is 145 Å². The molecule has 1 unspecified atom stereocenters. The average Bonchev–Trinajstić information content (AvgIpc) is 2.50. The normalized spacial score (nSPS) is 11.9. The van der Waals surface area contributed by atoms with Gasteiger partial charge in [0.1, 0.15) is 5.60 Å². The second-order valence-electron chi connectivity index (χ2n) is 6.50. The van der Waals surface area contributed by atoms with Crippen LogP contribution >= 0.6 is 0 Å². The van der Waals surface area contributed by atoms with Gasteiger partial charge in [-0.1, -0.05) is 6.08 Å². The van der Waals surface area contributed by atoms with Gasteiger partial charge in [0, 0.05) is 26.1 Å². The van der Waals surface area contributed by atoms with E-state index in [0.29, 0.717) is 52.0 Å². The summed E-state index contributed by atoms with van der Waals surface area (Å²) in [4.78, 5) is 13.8. The third-order valence-corrected chi connectivity index (χ3v) is 3.08. The highest BCUT2D eigenvalue weighted by Crippen LogP contribution is 2.12. The van der Waals surface area contributed by atoms with Gasteiger partial charge in [0.05, 0.1) is 24.7 Å². The summed E-state index contributed by atoms with van der Waals surface area (Å²) in [5.41, 5.74) is -0.554. The van der Waals surface area contributed by atoms with Crippen molar-refractivity contribution in [2.45, 2.75) is 52.1 Å². The van der Waals surface area contributed by atoms with Crippen molar-refractivity contribution in [1.82, 2.24) is 4.90 Å². The molecular formula is C18H29N3O3. The summed E-state index contributed by atoms with van der Waals surface area (Å²) in [6.45, 7) is 10.9. The molecule has 24 heavy (non-hydrogen) atoms. The molecule has 0 radical (unpaired) electrons. The van der Waals surface area contributed by atoms with Crippen LogP contribution in [0.1, 0.15) is 46.5 Å². The second kappa shape index (κ2) is 12.4. The number of nitriles is 2. The first-order valence-electron chi connectivity index (χ1n) is 8.27. The van der Waals surface area contributed by atoms with Gasteiger partial charge in [-0.05, 0) is 40.0 Å². The molecule has 6 nitrogen and oxygen atoms in total. The number of carbonyl (C=O) groups is 1. The molecule has 0 heterocycles. The molecule has 6 heteroatoms. The molecule has 0 rings (SSSR count). The van der Waals surface area contributed by atoms with Gasteiger partial charge >= 0.3 is 6.09 Å². The van der Waals surface area contributed by atoms with Crippen LogP contribution in [0, 0.1) is 28.6 Å². The molecule has 0 spiro atoms. The van der Waals surface area contributed by atoms with Crippen LogP contribution in [-0.2, 0) is 9.47 Å². The van der Waals surface area contributed by atoms with E-state index in [1.807, 2.05) is 26.8 Å². The Morgan fingerprint density at radius 3 is 2.58 bits per heavy atom. The average molecular weight is 335 g/mol. The zero-order valence-electron chi connectivity index (χ0n) is 15.1. The summed E-state index contributed by atoms with van der Waals surface area (Å²) >= 11 is 0. The highest BCUT2D eigenvalue weighted by atomic mass is 16.6. The maximum atomic E-state index is 12.2. The van der Waals surface area contributed by atoms with Crippen molar-refractivity contribution >= 4 is 6.09 Å². The van der Waals surface area contributed by atoms with E-state index in [0.717, 1.165) is 0 Å². The number of unbranched alkanes of at least 4 members (excludes halogenated alkanes) is 1. The van der Waals surface area contributed by atoms with E-state index in [4.69, 9.17) is 14.7 Å². The van der Waals surface area contributed by atoms with Gasteiger partial charge in [0.15, 0.2) is 0 Å². The molecule has 0 bridgehead atoms. The smallest absolute Gasteiger partial charge is 0.410 e. The van der Waals surface area contributed by atoms with E-state index >= 15 is 0 Å². The summed E-state index contributed by atoms with van der Waals surface area (Å²) in [6.07, 6.45) is 3.67. The molecule has 0 aromatic carbocycles. The van der Waals surface area contributed by atoms with Crippen LogP contribution in [0.3, 0.4) is 0 Å². The van der Waals surface area contributed by atoms with E-state index in [1.54, 1.807) is 11.0 Å². The van der Waals surface area contributed by atoms with Crippen molar-refractivity contribution in [3.05, 3.63) is 12.7 Å². The maximum absolute atomic E-state index is 12.2. The van der Waals surface area contributed by atoms with Gasteiger partial charge in [0.25, 0.3) is 0 Å². The van der Waals surface area contributed by atoms with E-state index in [9.17, 15) is 10.1 Å². The van der Waals surface area contributed by atoms with Crippen molar-refractivity contribution in [1.29, 1.82) is 10.5 Å². The number of ether oxygens (including phenoxy) is 2. The molecule has 0 N–H and O–H groups in total. The summed E-state index contributed by atoms with van der Waals surface area (Å²) < 4.78 is 10.8. The standard InChI is InChI=1S/C18H29N3O3/c1-5-6-11-21(17(22)24-18(2,3)4)12-9-16(14-20)15-23-13-8-7-10-19/h5,16H,1,6-9,11-13,15H2,2-4H3. The Morgan fingerprint density at radius 2 is 2.04 bits per heavy atom. The zero-order valence-corrected chi connectivity index (χ0v) is 15.1. The molecule has 0 saturated heterocycles. The van der Waals surface area contributed by atoms with Crippen molar-refractivity contribution in [3.63, 3.8) is 0 Å². The minimum absolute atomic E-state index is 0.291. The van der Waals surface area contributed by atoms with Crippen LogP contribution in [0.25, 0.3) is 0 Å². The fourth-order valence-corrected chi connectivity index (χ4v) is 1.84. The lowest BCUT2D eigenvalue weighted by molar-refractivity contribution is 0.0236. The molecule has 0 aromatic rings. The van der Waals surface area contributed by atoms with Crippen LogP contribution in [0.15, 0.2) is 12.7 Å². The molecule has 0 aliphatic heterocycles. The Morgan fingerprint density at radius 1 is 1.33 bits per heavy atom. The molecule has 1 amide bonds. The summed E-state index contributed by atoms with van der Waals surface area (Å²) in [6, 6.07) is 4.25. The van der Waals surface area contributed by atoms with Gasteiger partial charge < -0.3 is 14.4 Å². The number of carbonyl (C=O) groups excluding carboxylic acids is 1. The van der Waals surface area contributed by atoms with Gasteiger partial charge in [-0.2, -0.15) is 10.5 Å². The van der Waals surface area contributed by atoms with Gasteiger partial charge in [0.2, 0.25) is 0 Å². The molecular weight excluding hydrogens is 306 g/mol. The number of rotatable bonds is 11. The molecule has 0 fully saturated rings. The largest absolute Gasteiger partial charge is 0.444 e. The first kappa shape index (κ1) is 21.9. The number of amides is 1. The monoisotopic (exact) mass is 335 g/mol. The summed E-state index contributed by atoms with van der Waals surface area (Å²) in [5, 5.41) is 17.7. The molecule has 134 valence electrons. The lowest BCUT2D eigenvalue weighted by Crippen LogP contribution is -2.38. The van der Waals surface area contributed by atoms with E-state index in [-0.39, 0.29) is 12.0 Å². The summed E-state index contributed by atoms with van der Waals surface area (Å²) in [5.74, 6) is -0.291. The van der Waals surface area contributed by atoms with Crippen molar-refractivity contribution in [2.24, 2.45) is 5.92 Å². The highest BCUT2D eigenvalue weighted by molar-refractivity contribution is 5.68. The molecule has 0 aliphatic carbocycles. The van der Waals surface area contributed by atoms with Crippen LogP contribution < -0.4 is 0 Å². The van der Waals surface area contributed by atoms with Crippen molar-refractivity contribution < 1.29 is 14.3 Å². The van der Waals surface area contributed by atoms with Crippen LogP contribution in [-0.4, -0.2) is 42.9 Å². The van der Waals surface area contributed by atoms with Gasteiger partial charge in [-0.3, -0.25) is 0 Å². The third kappa shape index (κ3) is 11.5. The molecule has 0 aliphatic rings. The minimum Gasteiger partial charge on any atom is -0.444 e. The quantitative estimate of drug-likeness (QED) is 0.425. The van der Waals surface area contributed by atoms with Crippen molar-refractivity contribution in [2.75, 3.05) is 26.3 Å². The van der Waals surface area contributed by atoms with Crippen molar-refractivity contribution in [3.8, 4) is 12.1 Å². The van der Waals surface area contributed by atoms with Crippen LogP contribution in [0.2, 0.25) is 0 Å². The van der Waals surface area contributed by atoms with E-state index < -0.39 is 5.60 Å². The first-order chi connectivity index (χ1) is 11.3. The number of hydrogen-bond acceptors (Lipinski definition) is 5. The Balaban J connectivity index is 4.40. The molecule has 0 saturated carbocycles. The summed E-state index contributed by atoms with van der Waals surface area (Å²) in [7, 11) is 0. The first-order valence-corrected chi connectivity index (χ1v) is 8.27. The topological polar surface area (TPSA) is 86.4 Å². The number of nitrogens with zero attached hydrogens (tertiary/aromatic N) is 3.